The normalized spacial score (nSPS) is 10.0. The van der Waals surface area contributed by atoms with Crippen LogP contribution in [0.15, 0.2) is 6.07 Å². The molecule has 0 radical (unpaired) electrons. The lowest BCUT2D eigenvalue weighted by Crippen LogP contribution is -2.21. The molecule has 0 aliphatic heterocycles. The van der Waals surface area contributed by atoms with Gasteiger partial charge in [-0.25, -0.2) is 4.79 Å². The fourth-order valence-electron chi connectivity index (χ4n) is 1.53. The van der Waals surface area contributed by atoms with Crippen LogP contribution in [-0.2, 0) is 6.54 Å². The van der Waals surface area contributed by atoms with Gasteiger partial charge in [0.15, 0.2) is 0 Å². The fourth-order valence-corrected chi connectivity index (χ4v) is 1.69. The summed E-state index contributed by atoms with van der Waals surface area (Å²) in [4.78, 5) is 10.5. The van der Waals surface area contributed by atoms with Crippen LogP contribution in [0, 0.1) is 13.8 Å². The number of carboxylic acid groups (broad SMARTS) is 1. The van der Waals surface area contributed by atoms with Crippen molar-refractivity contribution in [2.45, 2.75) is 20.4 Å². The number of ether oxygens (including phenoxy) is 1. The van der Waals surface area contributed by atoms with Crippen molar-refractivity contribution in [3.05, 3.63) is 27.8 Å². The summed E-state index contributed by atoms with van der Waals surface area (Å²) in [5.41, 5.74) is 2.52. The van der Waals surface area contributed by atoms with E-state index < -0.39 is 6.09 Å². The average molecular weight is 244 g/mol. The van der Waals surface area contributed by atoms with Crippen molar-refractivity contribution in [2.24, 2.45) is 0 Å². The van der Waals surface area contributed by atoms with Crippen molar-refractivity contribution >= 4 is 17.7 Å². The third-order valence-corrected chi connectivity index (χ3v) is 2.99. The SMILES string of the molecule is COc1cc(C)c(Cl)c(C)c1CNC(=O)O. The van der Waals surface area contributed by atoms with Crippen molar-refractivity contribution < 1.29 is 14.6 Å². The third kappa shape index (κ3) is 2.58. The predicted octanol–water partition coefficient (Wildman–Crippen LogP) is 2.73. The van der Waals surface area contributed by atoms with E-state index in [1.165, 1.54) is 0 Å². The Morgan fingerprint density at radius 3 is 2.69 bits per heavy atom. The van der Waals surface area contributed by atoms with E-state index in [-0.39, 0.29) is 6.54 Å². The van der Waals surface area contributed by atoms with Crippen molar-refractivity contribution in [3.63, 3.8) is 0 Å². The van der Waals surface area contributed by atoms with Crippen LogP contribution >= 0.6 is 11.6 Å². The highest BCUT2D eigenvalue weighted by molar-refractivity contribution is 6.32. The zero-order chi connectivity index (χ0) is 12.3. The zero-order valence-corrected chi connectivity index (χ0v) is 10.2. The molecule has 0 aliphatic carbocycles. The van der Waals surface area contributed by atoms with Crippen molar-refractivity contribution in [3.8, 4) is 5.75 Å². The van der Waals surface area contributed by atoms with E-state index in [1.54, 1.807) is 13.2 Å². The Labute approximate surface area is 99.2 Å². The molecule has 0 aromatic heterocycles. The highest BCUT2D eigenvalue weighted by atomic mass is 35.5. The number of halogens is 1. The van der Waals surface area contributed by atoms with Gasteiger partial charge in [0.25, 0.3) is 0 Å². The van der Waals surface area contributed by atoms with Crippen LogP contribution in [0.3, 0.4) is 0 Å². The Kier molecular flexibility index (Phi) is 4.01. The third-order valence-electron chi connectivity index (χ3n) is 2.41. The van der Waals surface area contributed by atoms with Gasteiger partial charge in [-0.3, -0.25) is 0 Å². The maximum absolute atomic E-state index is 10.5. The molecule has 5 heteroatoms. The van der Waals surface area contributed by atoms with Crippen molar-refractivity contribution in [2.75, 3.05) is 7.11 Å². The van der Waals surface area contributed by atoms with Crippen LogP contribution in [0.4, 0.5) is 4.79 Å². The van der Waals surface area contributed by atoms with Gasteiger partial charge in [0.2, 0.25) is 0 Å². The fraction of sp³-hybridized carbons (Fsp3) is 0.364. The molecule has 4 nitrogen and oxygen atoms in total. The first kappa shape index (κ1) is 12.6. The Balaban J connectivity index is 3.14. The Morgan fingerprint density at radius 1 is 1.56 bits per heavy atom. The smallest absolute Gasteiger partial charge is 0.404 e. The Morgan fingerprint density at radius 2 is 2.19 bits per heavy atom. The lowest BCUT2D eigenvalue weighted by molar-refractivity contribution is 0.194. The second-order valence-electron chi connectivity index (χ2n) is 3.47. The van der Waals surface area contributed by atoms with Crippen LogP contribution < -0.4 is 10.1 Å². The van der Waals surface area contributed by atoms with Crippen LogP contribution in [0.1, 0.15) is 16.7 Å². The summed E-state index contributed by atoms with van der Waals surface area (Å²) < 4.78 is 5.20. The summed E-state index contributed by atoms with van der Waals surface area (Å²) in [6.07, 6.45) is -1.07. The van der Waals surface area contributed by atoms with E-state index in [0.29, 0.717) is 10.8 Å². The van der Waals surface area contributed by atoms with E-state index in [0.717, 1.165) is 16.7 Å². The highest BCUT2D eigenvalue weighted by Crippen LogP contribution is 2.31. The van der Waals surface area contributed by atoms with Crippen molar-refractivity contribution in [1.82, 2.24) is 5.32 Å². The summed E-state index contributed by atoms with van der Waals surface area (Å²) in [6, 6.07) is 1.80. The summed E-state index contributed by atoms with van der Waals surface area (Å²) >= 11 is 6.10. The average Bonchev–Trinajstić information content (AvgIpc) is 2.23. The molecule has 0 bridgehead atoms. The first-order valence-corrected chi connectivity index (χ1v) is 5.14. The minimum atomic E-state index is -1.07. The first-order valence-electron chi connectivity index (χ1n) is 4.76. The quantitative estimate of drug-likeness (QED) is 0.858. The van der Waals surface area contributed by atoms with Gasteiger partial charge in [-0.1, -0.05) is 11.6 Å². The molecular formula is C11H14ClNO3. The number of aryl methyl sites for hydroxylation is 1. The number of benzene rings is 1. The summed E-state index contributed by atoms with van der Waals surface area (Å²) in [5, 5.41) is 11.5. The largest absolute Gasteiger partial charge is 0.496 e. The number of hydrogen-bond acceptors (Lipinski definition) is 2. The molecule has 1 amide bonds. The lowest BCUT2D eigenvalue weighted by atomic mass is 10.0. The number of nitrogens with one attached hydrogen (secondary N) is 1. The summed E-state index contributed by atoms with van der Waals surface area (Å²) in [7, 11) is 1.55. The maximum atomic E-state index is 10.5. The molecule has 16 heavy (non-hydrogen) atoms. The van der Waals surface area contributed by atoms with E-state index in [4.69, 9.17) is 21.4 Å². The van der Waals surface area contributed by atoms with E-state index in [2.05, 4.69) is 5.32 Å². The predicted molar refractivity (Wildman–Crippen MR) is 62.3 cm³/mol. The molecule has 0 atom stereocenters. The molecule has 0 aliphatic rings. The second kappa shape index (κ2) is 5.07. The van der Waals surface area contributed by atoms with Gasteiger partial charge in [0.1, 0.15) is 5.75 Å². The first-order chi connectivity index (χ1) is 7.47. The van der Waals surface area contributed by atoms with Gasteiger partial charge in [-0.05, 0) is 31.0 Å². The van der Waals surface area contributed by atoms with Crippen LogP contribution in [0.5, 0.6) is 5.75 Å². The summed E-state index contributed by atoms with van der Waals surface area (Å²) in [5.74, 6) is 0.646. The number of amides is 1. The zero-order valence-electron chi connectivity index (χ0n) is 9.43. The number of rotatable bonds is 3. The molecule has 1 aromatic rings. The monoisotopic (exact) mass is 243 g/mol. The summed E-state index contributed by atoms with van der Waals surface area (Å²) in [6.45, 7) is 3.91. The van der Waals surface area contributed by atoms with Crippen LogP contribution in [-0.4, -0.2) is 18.3 Å². The van der Waals surface area contributed by atoms with E-state index in [9.17, 15) is 4.79 Å². The van der Waals surface area contributed by atoms with Gasteiger partial charge in [0, 0.05) is 10.6 Å². The van der Waals surface area contributed by atoms with Crippen molar-refractivity contribution in [1.29, 1.82) is 0 Å². The molecule has 88 valence electrons. The minimum Gasteiger partial charge on any atom is -0.496 e. The van der Waals surface area contributed by atoms with E-state index >= 15 is 0 Å². The standard InChI is InChI=1S/C11H14ClNO3/c1-6-4-9(16-3)8(5-13-11(14)15)7(2)10(6)12/h4,13H,5H2,1-3H3,(H,14,15). The number of carbonyl (C=O) groups is 1. The molecule has 0 unspecified atom stereocenters. The van der Waals surface area contributed by atoms with Gasteiger partial charge in [-0.2, -0.15) is 0 Å². The van der Waals surface area contributed by atoms with E-state index in [1.807, 2.05) is 13.8 Å². The maximum Gasteiger partial charge on any atom is 0.404 e. The molecule has 1 rings (SSSR count). The number of hydrogen-bond donors (Lipinski definition) is 2. The van der Waals surface area contributed by atoms with Crippen LogP contribution in [0.2, 0.25) is 5.02 Å². The highest BCUT2D eigenvalue weighted by Gasteiger charge is 2.13. The second-order valence-corrected chi connectivity index (χ2v) is 3.85. The molecule has 0 spiro atoms. The molecular weight excluding hydrogens is 230 g/mol. The molecule has 0 saturated carbocycles. The molecule has 0 saturated heterocycles. The van der Waals surface area contributed by atoms with Gasteiger partial charge >= 0.3 is 6.09 Å². The lowest BCUT2D eigenvalue weighted by Gasteiger charge is -2.14. The Hall–Kier alpha value is -1.42. The Bertz CT molecular complexity index is 418. The molecule has 1 aromatic carbocycles. The molecule has 2 N–H and O–H groups in total. The molecule has 0 fully saturated rings. The molecule has 0 heterocycles. The minimum absolute atomic E-state index is 0.185. The van der Waals surface area contributed by atoms with Crippen LogP contribution in [0.25, 0.3) is 0 Å². The number of methoxy groups -OCH3 is 1. The van der Waals surface area contributed by atoms with Gasteiger partial charge in [-0.15, -0.1) is 0 Å². The van der Waals surface area contributed by atoms with Gasteiger partial charge < -0.3 is 15.2 Å². The van der Waals surface area contributed by atoms with Gasteiger partial charge in [0.05, 0.1) is 13.7 Å². The topological polar surface area (TPSA) is 58.6 Å².